The van der Waals surface area contributed by atoms with Gasteiger partial charge in [-0.15, -0.1) is 0 Å². The maximum Gasteiger partial charge on any atom is 0.207 e. The first-order valence-corrected chi connectivity index (χ1v) is 14.9. The molecule has 4 N–H and O–H groups in total. The summed E-state index contributed by atoms with van der Waals surface area (Å²) in [5.74, 6) is 2.83. The smallest absolute Gasteiger partial charge is 0.207 e. The Morgan fingerprint density at radius 2 is 1.09 bits per heavy atom. The molecule has 6 rings (SSSR count). The summed E-state index contributed by atoms with van der Waals surface area (Å²) in [5.41, 5.74) is 3.88. The van der Waals surface area contributed by atoms with Crippen LogP contribution in [0.15, 0.2) is 84.9 Å². The summed E-state index contributed by atoms with van der Waals surface area (Å²) < 4.78 is 12.1. The summed E-state index contributed by atoms with van der Waals surface area (Å²) in [7, 11) is 1.92. The average Bonchev–Trinajstić information content (AvgIpc) is 3.23. The van der Waals surface area contributed by atoms with Crippen molar-refractivity contribution in [3.05, 3.63) is 117 Å². The van der Waals surface area contributed by atoms with Crippen LogP contribution >= 0.6 is 23.2 Å². The van der Waals surface area contributed by atoms with Crippen molar-refractivity contribution in [2.45, 2.75) is 23.7 Å². The molecule has 2 heterocycles. The van der Waals surface area contributed by atoms with Gasteiger partial charge in [-0.2, -0.15) is 0 Å². The molecule has 0 unspecified atom stereocenters. The molecule has 4 aromatic rings. The third-order valence-electron chi connectivity index (χ3n) is 8.03. The fourth-order valence-corrected chi connectivity index (χ4v) is 6.38. The van der Waals surface area contributed by atoms with Crippen LogP contribution in [0.25, 0.3) is 0 Å². The highest BCUT2D eigenvalue weighted by Gasteiger charge is 2.33. The number of halogens is 2. The summed E-state index contributed by atoms with van der Waals surface area (Å²) in [6.45, 7) is 1.17. The fourth-order valence-electron chi connectivity index (χ4n) is 6.02. The number of para-hydroxylation sites is 2. The second-order valence-corrected chi connectivity index (χ2v) is 11.4. The van der Waals surface area contributed by atoms with Gasteiger partial charge in [0, 0.05) is 63.5 Å². The highest BCUT2D eigenvalue weighted by atomic mass is 35.5. The van der Waals surface area contributed by atoms with Crippen molar-refractivity contribution in [3.8, 4) is 23.0 Å². The Kier molecular flexibility index (Phi) is 10.2. The van der Waals surface area contributed by atoms with Crippen LogP contribution in [0.4, 0.5) is 0 Å². The summed E-state index contributed by atoms with van der Waals surface area (Å²) in [5, 5.41) is 27.1. The van der Waals surface area contributed by atoms with Crippen LogP contribution in [0.5, 0.6) is 23.0 Å². The molecule has 4 atom stereocenters. The van der Waals surface area contributed by atoms with Crippen LogP contribution in [0.2, 0.25) is 10.0 Å². The molecule has 0 fully saturated rings. The number of likely N-dealkylation sites (N-methyl/N-ethyl adjacent to an activating group) is 1. The van der Waals surface area contributed by atoms with Crippen LogP contribution in [0.1, 0.15) is 45.9 Å². The molecule has 0 bridgehead atoms. The van der Waals surface area contributed by atoms with Gasteiger partial charge in [-0.1, -0.05) is 59.6 Å². The first-order chi connectivity index (χ1) is 21.0. The number of hydrogen-bond acceptors (Lipinski definition) is 6. The highest BCUT2D eigenvalue weighted by molar-refractivity contribution is 6.31. The zero-order valence-electron chi connectivity index (χ0n) is 23.7. The molecule has 7 nitrogen and oxygen atoms in total. The molecule has 2 aliphatic rings. The zero-order chi connectivity index (χ0) is 30.3. The van der Waals surface area contributed by atoms with Crippen molar-refractivity contribution in [3.63, 3.8) is 0 Å². The van der Waals surface area contributed by atoms with E-state index in [1.54, 1.807) is 6.07 Å². The Balaban J connectivity index is 0.000000171. The van der Waals surface area contributed by atoms with Crippen molar-refractivity contribution in [1.82, 2.24) is 10.6 Å². The molecule has 0 aliphatic carbocycles. The number of ether oxygens (including phenoxy) is 2. The van der Waals surface area contributed by atoms with Gasteiger partial charge in [-0.25, -0.2) is 0 Å². The normalized spacial score (nSPS) is 19.7. The lowest BCUT2D eigenvalue weighted by Gasteiger charge is -2.25. The van der Waals surface area contributed by atoms with Crippen molar-refractivity contribution in [2.75, 3.05) is 33.4 Å². The quantitative estimate of drug-likeness (QED) is 0.174. The number of rotatable bonds is 7. The molecule has 9 heteroatoms. The van der Waals surface area contributed by atoms with E-state index in [0.29, 0.717) is 28.7 Å². The molecule has 2 aliphatic heterocycles. The number of aliphatic hydroxyl groups excluding tert-OH is 2. The maximum absolute atomic E-state index is 10.7. The van der Waals surface area contributed by atoms with E-state index >= 15 is 0 Å². The van der Waals surface area contributed by atoms with Crippen molar-refractivity contribution < 1.29 is 24.5 Å². The topological polar surface area (TPSA) is 100 Å². The van der Waals surface area contributed by atoms with Gasteiger partial charge in [0.15, 0.2) is 0 Å². The van der Waals surface area contributed by atoms with Gasteiger partial charge < -0.3 is 30.3 Å². The largest absolute Gasteiger partial charge is 0.457 e. The number of amides is 1. The molecular weight excluding hydrogens is 587 g/mol. The zero-order valence-corrected chi connectivity index (χ0v) is 25.2. The third-order valence-corrected chi connectivity index (χ3v) is 8.50. The predicted molar refractivity (Wildman–Crippen MR) is 169 cm³/mol. The van der Waals surface area contributed by atoms with E-state index in [2.05, 4.69) is 16.7 Å². The Morgan fingerprint density at radius 1 is 0.651 bits per heavy atom. The minimum Gasteiger partial charge on any atom is -0.457 e. The molecule has 0 saturated carbocycles. The lowest BCUT2D eigenvalue weighted by atomic mass is 9.82. The van der Waals surface area contributed by atoms with Crippen LogP contribution in [-0.4, -0.2) is 50.0 Å². The number of benzene rings is 4. The van der Waals surface area contributed by atoms with E-state index in [4.69, 9.17) is 32.7 Å². The maximum atomic E-state index is 10.7. The van der Waals surface area contributed by atoms with Gasteiger partial charge in [0.1, 0.15) is 23.0 Å². The van der Waals surface area contributed by atoms with Crippen molar-refractivity contribution in [1.29, 1.82) is 0 Å². The summed E-state index contributed by atoms with van der Waals surface area (Å²) in [6, 6.07) is 26.7. The van der Waals surface area contributed by atoms with Gasteiger partial charge in [0.2, 0.25) is 6.41 Å². The lowest BCUT2D eigenvalue weighted by Crippen LogP contribution is -2.26. The van der Waals surface area contributed by atoms with Crippen molar-refractivity contribution in [2.24, 2.45) is 0 Å². The van der Waals surface area contributed by atoms with E-state index < -0.39 is 0 Å². The van der Waals surface area contributed by atoms with Crippen LogP contribution in [0.3, 0.4) is 0 Å². The van der Waals surface area contributed by atoms with Crippen LogP contribution < -0.4 is 20.1 Å². The number of aliphatic hydroxyl groups is 2. The highest BCUT2D eigenvalue weighted by Crippen LogP contribution is 2.47. The number of nitrogens with one attached hydrogen (secondary N) is 2. The van der Waals surface area contributed by atoms with Gasteiger partial charge in [-0.05, 0) is 61.1 Å². The van der Waals surface area contributed by atoms with Gasteiger partial charge in [0.25, 0.3) is 0 Å². The first kappa shape index (κ1) is 30.9. The number of fused-ring (bicyclic) bond motifs is 4. The molecule has 43 heavy (non-hydrogen) atoms. The summed E-state index contributed by atoms with van der Waals surface area (Å²) >= 11 is 12.2. The van der Waals surface area contributed by atoms with Crippen LogP contribution in [-0.2, 0) is 4.79 Å². The minimum absolute atomic E-state index is 0.0465. The molecule has 0 aromatic heterocycles. The van der Waals surface area contributed by atoms with Crippen LogP contribution in [0, 0.1) is 0 Å². The molecule has 0 spiro atoms. The second kappa shape index (κ2) is 14.3. The number of carbonyl (C=O) groups excluding carboxylic acids is 1. The van der Waals surface area contributed by atoms with E-state index in [1.165, 1.54) is 0 Å². The molecule has 1 amide bonds. The Morgan fingerprint density at radius 3 is 1.53 bits per heavy atom. The van der Waals surface area contributed by atoms with Gasteiger partial charge in [-0.3, -0.25) is 4.79 Å². The van der Waals surface area contributed by atoms with E-state index in [-0.39, 0.29) is 36.9 Å². The molecule has 4 aromatic carbocycles. The average molecular weight is 622 g/mol. The molecule has 0 radical (unpaired) electrons. The SMILES string of the molecule is CNC[C@H]1c2ccccc2Oc2ccc(Cl)cc2[C@@H]1CO.O=CNC[C@H]1c2ccccc2Oc2ccc(Cl)cc2[C@@H]1CO. The first-order valence-electron chi connectivity index (χ1n) is 14.1. The standard InChI is InChI=1S/C17H16ClNO3.C17H18ClNO2/c18-11-5-6-17-13(7-11)15(9-20)14(8-19-10-21)12-3-1-2-4-16(12)22-17;1-19-9-14-12-4-2-3-5-16(12)21-17-7-6-11(18)8-13(17)15(14)10-20/h1-7,10,14-15,20H,8-9H2,(H,19,21);2-8,14-15,19-20H,9-10H2,1H3/t2*14-,15-/m00/s1. The van der Waals surface area contributed by atoms with E-state index in [0.717, 1.165) is 46.0 Å². The predicted octanol–water partition coefficient (Wildman–Crippen LogP) is 6.58. The fraction of sp³-hybridized carbons (Fsp3) is 0.265. The lowest BCUT2D eigenvalue weighted by molar-refractivity contribution is -0.109. The number of hydrogen-bond donors (Lipinski definition) is 4. The van der Waals surface area contributed by atoms with E-state index in [1.807, 2.05) is 79.8 Å². The van der Waals surface area contributed by atoms with Gasteiger partial charge in [0.05, 0.1) is 13.2 Å². The van der Waals surface area contributed by atoms with Crippen molar-refractivity contribution >= 4 is 29.6 Å². The number of carbonyl (C=O) groups is 1. The summed E-state index contributed by atoms with van der Waals surface area (Å²) in [6.07, 6.45) is 0.668. The molecule has 224 valence electrons. The third kappa shape index (κ3) is 6.66. The second-order valence-electron chi connectivity index (χ2n) is 10.5. The Bertz CT molecular complexity index is 1570. The Hall–Kier alpha value is -3.59. The molecule has 0 saturated heterocycles. The summed E-state index contributed by atoms with van der Waals surface area (Å²) in [4.78, 5) is 10.7. The Labute approximate surface area is 261 Å². The van der Waals surface area contributed by atoms with Gasteiger partial charge >= 0.3 is 0 Å². The monoisotopic (exact) mass is 620 g/mol. The van der Waals surface area contributed by atoms with E-state index in [9.17, 15) is 15.0 Å². The minimum atomic E-state index is -0.204. The molecular formula is C34H34Cl2N2O5.